The number of carbonyl (C=O) groups excluding carboxylic acids is 3. The van der Waals surface area contributed by atoms with Crippen molar-refractivity contribution in [3.63, 3.8) is 0 Å². The van der Waals surface area contributed by atoms with Crippen molar-refractivity contribution in [1.82, 2.24) is 0 Å². The number of hydrogen-bond acceptors (Lipinski definition) is 5. The molecule has 0 spiro atoms. The van der Waals surface area contributed by atoms with Crippen molar-refractivity contribution >= 4 is 46.4 Å². The summed E-state index contributed by atoms with van der Waals surface area (Å²) in [6, 6.07) is 16.5. The van der Waals surface area contributed by atoms with E-state index in [1.807, 2.05) is 0 Å². The van der Waals surface area contributed by atoms with Gasteiger partial charge in [0.2, 0.25) is 0 Å². The third-order valence-electron chi connectivity index (χ3n) is 5.20. The van der Waals surface area contributed by atoms with E-state index in [1.54, 1.807) is 18.2 Å². The van der Waals surface area contributed by atoms with Crippen LogP contribution in [0.1, 0.15) is 15.9 Å². The van der Waals surface area contributed by atoms with Gasteiger partial charge < -0.3 is 15.4 Å². The minimum atomic E-state index is -4.56. The van der Waals surface area contributed by atoms with Gasteiger partial charge in [0.15, 0.2) is 0 Å². The summed E-state index contributed by atoms with van der Waals surface area (Å²) in [6.07, 6.45) is -4.56. The second kappa shape index (κ2) is 9.74. The number of alkyl halides is 3. The molecule has 0 unspecified atom stereocenters. The standard InChI is InChI=1S/C25H17ClF3N3O4/c1-36-19-11-3-2-10-18(19)32-23(34)20(26)21(24(32)35)30-16-8-4-6-14(12-16)22(33)31-17-9-5-7-15(13-17)25(27,28)29/h2-13,30H,1H3,(H,31,33). The number of amides is 3. The molecule has 0 saturated heterocycles. The van der Waals surface area contributed by atoms with Crippen molar-refractivity contribution in [1.29, 1.82) is 0 Å². The molecule has 0 bridgehead atoms. The smallest absolute Gasteiger partial charge is 0.416 e. The molecule has 0 aromatic heterocycles. The van der Waals surface area contributed by atoms with Gasteiger partial charge in [0.25, 0.3) is 17.7 Å². The molecule has 3 aromatic carbocycles. The highest BCUT2D eigenvalue weighted by Crippen LogP contribution is 2.35. The second-order valence-electron chi connectivity index (χ2n) is 7.55. The summed E-state index contributed by atoms with van der Waals surface area (Å²) in [4.78, 5) is 39.3. The van der Waals surface area contributed by atoms with Crippen LogP contribution in [-0.4, -0.2) is 24.8 Å². The van der Waals surface area contributed by atoms with Crippen LogP contribution in [0.3, 0.4) is 0 Å². The van der Waals surface area contributed by atoms with Crippen LogP contribution < -0.4 is 20.3 Å². The molecule has 0 fully saturated rings. The monoisotopic (exact) mass is 515 g/mol. The molecule has 1 aliphatic heterocycles. The van der Waals surface area contributed by atoms with Crippen LogP contribution in [0.25, 0.3) is 0 Å². The summed E-state index contributed by atoms with van der Waals surface area (Å²) in [5.41, 5.74) is -0.596. The summed E-state index contributed by atoms with van der Waals surface area (Å²) in [6.45, 7) is 0. The topological polar surface area (TPSA) is 87.7 Å². The Morgan fingerprint density at radius 3 is 2.33 bits per heavy atom. The number of imide groups is 1. The fourth-order valence-electron chi connectivity index (χ4n) is 3.50. The molecule has 0 radical (unpaired) electrons. The Kier molecular flexibility index (Phi) is 6.71. The lowest BCUT2D eigenvalue weighted by Crippen LogP contribution is -2.32. The van der Waals surface area contributed by atoms with Crippen LogP contribution in [0.5, 0.6) is 5.75 Å². The molecule has 0 saturated carbocycles. The summed E-state index contributed by atoms with van der Waals surface area (Å²) in [5.74, 6) is -1.87. The summed E-state index contributed by atoms with van der Waals surface area (Å²) in [7, 11) is 1.40. The Balaban J connectivity index is 1.54. The molecule has 0 aliphatic carbocycles. The number of para-hydroxylation sites is 2. The molecule has 4 rings (SSSR count). The predicted molar refractivity (Wildman–Crippen MR) is 128 cm³/mol. The van der Waals surface area contributed by atoms with Gasteiger partial charge >= 0.3 is 6.18 Å². The van der Waals surface area contributed by atoms with E-state index in [4.69, 9.17) is 16.3 Å². The number of hydrogen-bond donors (Lipinski definition) is 2. The van der Waals surface area contributed by atoms with Crippen LogP contribution >= 0.6 is 11.6 Å². The molecule has 3 amide bonds. The fourth-order valence-corrected chi connectivity index (χ4v) is 3.72. The van der Waals surface area contributed by atoms with E-state index in [0.717, 1.165) is 17.0 Å². The zero-order valence-corrected chi connectivity index (χ0v) is 19.3. The number of nitrogens with zero attached hydrogens (tertiary/aromatic N) is 1. The van der Waals surface area contributed by atoms with Gasteiger partial charge in [0.1, 0.15) is 16.5 Å². The molecule has 3 aromatic rings. The lowest BCUT2D eigenvalue weighted by atomic mass is 10.1. The Morgan fingerprint density at radius 1 is 0.917 bits per heavy atom. The highest BCUT2D eigenvalue weighted by atomic mass is 35.5. The molecule has 7 nitrogen and oxygen atoms in total. The van der Waals surface area contributed by atoms with E-state index in [1.165, 1.54) is 49.6 Å². The predicted octanol–water partition coefficient (Wildman–Crippen LogP) is 5.40. The molecule has 2 N–H and O–H groups in total. The highest BCUT2D eigenvalue weighted by Gasteiger charge is 2.40. The van der Waals surface area contributed by atoms with Gasteiger partial charge in [-0.05, 0) is 48.5 Å². The molecule has 1 aliphatic rings. The van der Waals surface area contributed by atoms with Crippen molar-refractivity contribution in [3.8, 4) is 5.75 Å². The van der Waals surface area contributed by atoms with Gasteiger partial charge in [-0.25, -0.2) is 4.90 Å². The molecular weight excluding hydrogens is 499 g/mol. The molecular formula is C25H17ClF3N3O4. The van der Waals surface area contributed by atoms with Gasteiger partial charge in [-0.1, -0.05) is 35.9 Å². The Morgan fingerprint density at radius 2 is 1.61 bits per heavy atom. The normalized spacial score (nSPS) is 13.8. The maximum atomic E-state index is 13.0. The van der Waals surface area contributed by atoms with Gasteiger partial charge in [-0.15, -0.1) is 0 Å². The number of halogens is 4. The van der Waals surface area contributed by atoms with E-state index >= 15 is 0 Å². The van der Waals surface area contributed by atoms with Crippen molar-refractivity contribution in [2.45, 2.75) is 6.18 Å². The zero-order chi connectivity index (χ0) is 26.0. The van der Waals surface area contributed by atoms with E-state index < -0.39 is 29.5 Å². The fraction of sp³-hybridized carbons (Fsp3) is 0.0800. The Hall–Kier alpha value is -4.31. The van der Waals surface area contributed by atoms with Crippen LogP contribution in [-0.2, 0) is 15.8 Å². The zero-order valence-electron chi connectivity index (χ0n) is 18.5. The number of rotatable bonds is 6. The van der Waals surface area contributed by atoms with Crippen LogP contribution in [0.15, 0.2) is 83.5 Å². The summed E-state index contributed by atoms with van der Waals surface area (Å²) >= 11 is 6.17. The average Bonchev–Trinajstić information content (AvgIpc) is 3.06. The first kappa shape index (κ1) is 24.8. The Labute approximate surface area is 208 Å². The van der Waals surface area contributed by atoms with Crippen LogP contribution in [0, 0.1) is 0 Å². The lowest BCUT2D eigenvalue weighted by Gasteiger charge is -2.18. The molecule has 0 atom stereocenters. The van der Waals surface area contributed by atoms with Crippen molar-refractivity contribution in [2.75, 3.05) is 22.6 Å². The first-order valence-corrected chi connectivity index (χ1v) is 10.7. The maximum absolute atomic E-state index is 13.0. The van der Waals surface area contributed by atoms with Crippen molar-refractivity contribution < 1.29 is 32.3 Å². The van der Waals surface area contributed by atoms with Crippen molar-refractivity contribution in [2.24, 2.45) is 0 Å². The first-order chi connectivity index (χ1) is 17.1. The first-order valence-electron chi connectivity index (χ1n) is 10.4. The van der Waals surface area contributed by atoms with E-state index in [9.17, 15) is 27.6 Å². The quantitative estimate of drug-likeness (QED) is 0.429. The molecule has 11 heteroatoms. The number of ether oxygens (including phenoxy) is 1. The third kappa shape index (κ3) is 4.89. The number of nitrogens with one attached hydrogen (secondary N) is 2. The van der Waals surface area contributed by atoms with E-state index in [0.29, 0.717) is 0 Å². The number of carbonyl (C=O) groups is 3. The number of methoxy groups -OCH3 is 1. The summed E-state index contributed by atoms with van der Waals surface area (Å²) in [5, 5.41) is 4.81. The second-order valence-corrected chi connectivity index (χ2v) is 7.92. The average molecular weight is 516 g/mol. The largest absolute Gasteiger partial charge is 0.495 e. The SMILES string of the molecule is COc1ccccc1N1C(=O)C(Cl)=C(Nc2cccc(C(=O)Nc3cccc(C(F)(F)F)c3)c2)C1=O. The van der Waals surface area contributed by atoms with Gasteiger partial charge in [-0.2, -0.15) is 13.2 Å². The Bertz CT molecular complexity index is 1410. The minimum absolute atomic E-state index is 0.0389. The van der Waals surface area contributed by atoms with Crippen LogP contribution in [0.2, 0.25) is 0 Å². The van der Waals surface area contributed by atoms with Crippen molar-refractivity contribution in [3.05, 3.63) is 94.7 Å². The van der Waals surface area contributed by atoms with E-state index in [2.05, 4.69) is 10.6 Å². The highest BCUT2D eigenvalue weighted by molar-refractivity contribution is 6.53. The minimum Gasteiger partial charge on any atom is -0.495 e. The molecule has 1 heterocycles. The van der Waals surface area contributed by atoms with Gasteiger partial charge in [0, 0.05) is 16.9 Å². The lowest BCUT2D eigenvalue weighted by molar-refractivity contribution is -0.137. The number of anilines is 3. The maximum Gasteiger partial charge on any atom is 0.416 e. The third-order valence-corrected chi connectivity index (χ3v) is 5.55. The van der Waals surface area contributed by atoms with Crippen LogP contribution in [0.4, 0.5) is 30.2 Å². The number of benzene rings is 3. The molecule has 36 heavy (non-hydrogen) atoms. The summed E-state index contributed by atoms with van der Waals surface area (Å²) < 4.78 is 44.1. The van der Waals surface area contributed by atoms with Gasteiger partial charge in [0.05, 0.1) is 18.4 Å². The van der Waals surface area contributed by atoms with E-state index in [-0.39, 0.29) is 39.1 Å². The molecule has 184 valence electrons. The van der Waals surface area contributed by atoms with Gasteiger partial charge in [-0.3, -0.25) is 14.4 Å².